The van der Waals surface area contributed by atoms with Crippen LogP contribution >= 0.6 is 0 Å². The van der Waals surface area contributed by atoms with Crippen LogP contribution in [0.25, 0.3) is 66.2 Å². The van der Waals surface area contributed by atoms with Crippen molar-refractivity contribution in [3.63, 3.8) is 0 Å². The molecule has 1 spiro atoms. The van der Waals surface area contributed by atoms with Crippen LogP contribution in [0.4, 0.5) is 0 Å². The SMILES string of the molecule is C=NC(=NC1=C(Cc2cccc3ccccc23)C2(c3cc(-c4ccc(-n5c6ccccc6c6ccccc65)cc4)ccc31)c1ccccc1-c1ccccc12)c1ccccc1. The van der Waals surface area contributed by atoms with Gasteiger partial charge in [0, 0.05) is 27.6 Å². The Hall–Kier alpha value is -7.88. The number of benzene rings is 9. The smallest absolute Gasteiger partial charge is 0.159 e. The molecule has 61 heavy (non-hydrogen) atoms. The molecule has 9 aromatic carbocycles. The molecule has 0 saturated carbocycles. The number of nitrogens with zero attached hydrogens (tertiary/aromatic N) is 3. The number of hydrogen-bond donors (Lipinski definition) is 0. The summed E-state index contributed by atoms with van der Waals surface area (Å²) < 4.78 is 2.38. The van der Waals surface area contributed by atoms with Gasteiger partial charge >= 0.3 is 0 Å². The topological polar surface area (TPSA) is 29.6 Å². The van der Waals surface area contributed by atoms with Gasteiger partial charge in [-0.3, -0.25) is 0 Å². The van der Waals surface area contributed by atoms with Crippen molar-refractivity contribution in [3.05, 3.63) is 251 Å². The fraction of sp³-hybridized carbons (Fsp3) is 0.0345. The van der Waals surface area contributed by atoms with Gasteiger partial charge in [-0.1, -0.05) is 182 Å². The summed E-state index contributed by atoms with van der Waals surface area (Å²) in [5, 5.41) is 5.00. The first kappa shape index (κ1) is 35.1. The number of hydrogen-bond acceptors (Lipinski definition) is 1. The summed E-state index contributed by atoms with van der Waals surface area (Å²) in [6.07, 6.45) is 0.694. The molecule has 2 aliphatic carbocycles. The number of aromatic nitrogens is 1. The van der Waals surface area contributed by atoms with Gasteiger partial charge in [-0.25, -0.2) is 9.98 Å². The Balaban J connectivity index is 1.10. The van der Waals surface area contributed by atoms with E-state index < -0.39 is 5.41 Å². The van der Waals surface area contributed by atoms with Crippen molar-refractivity contribution in [3.8, 4) is 27.9 Å². The fourth-order valence-corrected chi connectivity index (χ4v) is 10.5. The minimum atomic E-state index is -0.611. The van der Waals surface area contributed by atoms with Crippen LogP contribution in [-0.2, 0) is 11.8 Å². The van der Waals surface area contributed by atoms with Crippen LogP contribution in [0.3, 0.4) is 0 Å². The molecule has 10 aromatic rings. The molecule has 0 radical (unpaired) electrons. The van der Waals surface area contributed by atoms with Gasteiger partial charge in [0.25, 0.3) is 0 Å². The van der Waals surface area contributed by atoms with Gasteiger partial charge in [0.15, 0.2) is 5.84 Å². The van der Waals surface area contributed by atoms with Crippen molar-refractivity contribution >= 4 is 50.8 Å². The van der Waals surface area contributed by atoms with Gasteiger partial charge in [-0.05, 0) is 104 Å². The molecule has 286 valence electrons. The van der Waals surface area contributed by atoms with Crippen LogP contribution < -0.4 is 0 Å². The second-order valence-corrected chi connectivity index (χ2v) is 16.1. The zero-order valence-corrected chi connectivity index (χ0v) is 33.5. The van der Waals surface area contributed by atoms with Crippen LogP contribution in [-0.4, -0.2) is 17.1 Å². The van der Waals surface area contributed by atoms with Gasteiger partial charge in [0.2, 0.25) is 0 Å². The van der Waals surface area contributed by atoms with Crippen molar-refractivity contribution in [1.82, 2.24) is 4.57 Å². The number of para-hydroxylation sites is 2. The number of allylic oxidation sites excluding steroid dienone is 1. The molecule has 0 N–H and O–H groups in total. The quantitative estimate of drug-likeness (QED) is 0.119. The second-order valence-electron chi connectivity index (χ2n) is 16.1. The summed E-state index contributed by atoms with van der Waals surface area (Å²) in [7, 11) is 0. The van der Waals surface area contributed by atoms with Crippen molar-refractivity contribution in [2.75, 3.05) is 0 Å². The molecule has 0 fully saturated rings. The molecule has 2 aliphatic rings. The number of fused-ring (bicyclic) bond motifs is 11. The van der Waals surface area contributed by atoms with E-state index >= 15 is 0 Å². The molecule has 1 aromatic heterocycles. The highest BCUT2D eigenvalue weighted by molar-refractivity contribution is 6.09. The molecule has 0 atom stereocenters. The summed E-state index contributed by atoms with van der Waals surface area (Å²) in [6.45, 7) is 4.05. The molecule has 12 rings (SSSR count). The molecule has 3 nitrogen and oxygen atoms in total. The highest BCUT2D eigenvalue weighted by atomic mass is 15.0. The molecular formula is C58H39N3. The Bertz CT molecular complexity index is 3350. The molecule has 0 saturated heterocycles. The van der Waals surface area contributed by atoms with Crippen molar-refractivity contribution in [2.45, 2.75) is 11.8 Å². The second kappa shape index (κ2) is 13.9. The van der Waals surface area contributed by atoms with Crippen LogP contribution in [0.15, 0.2) is 228 Å². The predicted molar refractivity (Wildman–Crippen MR) is 255 cm³/mol. The first-order chi connectivity index (χ1) is 30.2. The predicted octanol–water partition coefficient (Wildman–Crippen LogP) is 14.0. The van der Waals surface area contributed by atoms with Gasteiger partial charge in [0.1, 0.15) is 0 Å². The van der Waals surface area contributed by atoms with Crippen molar-refractivity contribution < 1.29 is 0 Å². The van der Waals surface area contributed by atoms with Gasteiger partial charge in [-0.15, -0.1) is 0 Å². The highest BCUT2D eigenvalue weighted by Gasteiger charge is 2.53. The largest absolute Gasteiger partial charge is 0.309 e. The van der Waals surface area contributed by atoms with Gasteiger partial charge < -0.3 is 4.57 Å². The Morgan fingerprint density at radius 2 is 1.05 bits per heavy atom. The van der Waals surface area contributed by atoms with E-state index in [1.807, 2.05) is 18.2 Å². The van der Waals surface area contributed by atoms with E-state index in [1.54, 1.807) is 0 Å². The van der Waals surface area contributed by atoms with Crippen LogP contribution in [0, 0.1) is 0 Å². The monoisotopic (exact) mass is 777 g/mol. The van der Waals surface area contributed by atoms with Crippen molar-refractivity contribution in [1.29, 1.82) is 0 Å². The first-order valence-electron chi connectivity index (χ1n) is 21.0. The maximum Gasteiger partial charge on any atom is 0.159 e. The normalized spacial score (nSPS) is 13.9. The third-order valence-corrected chi connectivity index (χ3v) is 13.1. The molecule has 0 aliphatic heterocycles. The van der Waals surface area contributed by atoms with E-state index in [0.717, 1.165) is 33.6 Å². The summed E-state index contributed by atoms with van der Waals surface area (Å²) in [4.78, 5) is 10.2. The Labute approximate surface area is 355 Å². The standard InChI is InChI=1S/C58H39N3/c1-59-57(40-17-3-2-4-18-40)60-56-49-35-32-41(38-30-33-43(34-31-38)61-54-28-13-9-24-47(54)48-25-10-14-29-55(48)61)36-52(49)58(50-26-11-7-22-45(50)46-23-8-12-27-51(46)58)53(56)37-42-20-15-19-39-16-5-6-21-44(39)42/h2-36H,1,37H2. The van der Waals surface area contributed by atoms with E-state index in [1.165, 1.54) is 71.5 Å². The molecule has 0 unspecified atom stereocenters. The van der Waals surface area contributed by atoms with E-state index in [9.17, 15) is 0 Å². The Morgan fingerprint density at radius 3 is 1.74 bits per heavy atom. The van der Waals surface area contributed by atoms with Crippen LogP contribution in [0.5, 0.6) is 0 Å². The van der Waals surface area contributed by atoms with E-state index in [-0.39, 0.29) is 0 Å². The molecule has 3 heteroatoms. The summed E-state index contributed by atoms with van der Waals surface area (Å²) in [5.41, 5.74) is 17.1. The third-order valence-electron chi connectivity index (χ3n) is 13.1. The van der Waals surface area contributed by atoms with Crippen LogP contribution in [0.1, 0.15) is 33.4 Å². The van der Waals surface area contributed by atoms with E-state index in [2.05, 4.69) is 210 Å². The van der Waals surface area contributed by atoms with E-state index in [4.69, 9.17) is 4.99 Å². The maximum absolute atomic E-state index is 5.58. The van der Waals surface area contributed by atoms with Gasteiger partial charge in [-0.2, -0.15) is 0 Å². The zero-order chi connectivity index (χ0) is 40.5. The minimum Gasteiger partial charge on any atom is -0.309 e. The molecule has 1 heterocycles. The lowest BCUT2D eigenvalue weighted by Crippen LogP contribution is -2.28. The fourth-order valence-electron chi connectivity index (χ4n) is 10.5. The Morgan fingerprint density at radius 1 is 0.475 bits per heavy atom. The first-order valence-corrected chi connectivity index (χ1v) is 21.0. The minimum absolute atomic E-state index is 0.610. The number of amidine groups is 1. The number of rotatable bonds is 6. The molecule has 0 amide bonds. The van der Waals surface area contributed by atoms with E-state index in [0.29, 0.717) is 12.3 Å². The molecular weight excluding hydrogens is 739 g/mol. The van der Waals surface area contributed by atoms with Gasteiger partial charge in [0.05, 0.1) is 22.1 Å². The Kier molecular flexibility index (Phi) is 7.98. The lowest BCUT2D eigenvalue weighted by Gasteiger charge is -2.33. The third kappa shape index (κ3) is 5.24. The summed E-state index contributed by atoms with van der Waals surface area (Å²) >= 11 is 0. The zero-order valence-electron chi connectivity index (χ0n) is 33.5. The molecule has 0 bridgehead atoms. The average Bonchev–Trinajstić information content (AvgIpc) is 3.92. The van der Waals surface area contributed by atoms with Crippen molar-refractivity contribution in [2.24, 2.45) is 9.98 Å². The lowest BCUT2D eigenvalue weighted by molar-refractivity contribution is 0.741. The lowest BCUT2D eigenvalue weighted by atomic mass is 9.68. The maximum atomic E-state index is 5.58. The number of aliphatic imine (C=N–C) groups is 2. The summed E-state index contributed by atoms with van der Waals surface area (Å²) in [6, 6.07) is 77.1. The highest BCUT2D eigenvalue weighted by Crippen LogP contribution is 2.63. The summed E-state index contributed by atoms with van der Waals surface area (Å²) in [5.74, 6) is 0.610. The van der Waals surface area contributed by atoms with Crippen LogP contribution in [0.2, 0.25) is 0 Å². The average molecular weight is 778 g/mol.